The van der Waals surface area contributed by atoms with Gasteiger partial charge in [0.15, 0.2) is 6.10 Å². The standard InChI is InChI=1S/C15H15NO3S/c1-10-5-3-6-12(9-10)16-14(17)11(2)19-15(18)13-7-4-8-20-13/h3-9,11H,1-2H3,(H,16,17)/t11-/m1/s1. The second-order valence-electron chi connectivity index (χ2n) is 4.38. The van der Waals surface area contributed by atoms with Gasteiger partial charge in [-0.1, -0.05) is 18.2 Å². The molecule has 0 saturated heterocycles. The predicted octanol–water partition coefficient (Wildman–Crippen LogP) is 3.24. The van der Waals surface area contributed by atoms with Crippen molar-refractivity contribution >= 4 is 28.9 Å². The van der Waals surface area contributed by atoms with Crippen molar-refractivity contribution in [3.05, 3.63) is 52.2 Å². The summed E-state index contributed by atoms with van der Waals surface area (Å²) in [5, 5.41) is 4.51. The van der Waals surface area contributed by atoms with Crippen LogP contribution in [0.5, 0.6) is 0 Å². The average molecular weight is 289 g/mol. The summed E-state index contributed by atoms with van der Waals surface area (Å²) in [6, 6.07) is 10.9. The summed E-state index contributed by atoms with van der Waals surface area (Å²) in [5.41, 5.74) is 1.74. The summed E-state index contributed by atoms with van der Waals surface area (Å²) in [4.78, 5) is 24.2. The van der Waals surface area contributed by atoms with Crippen molar-refractivity contribution in [1.29, 1.82) is 0 Å². The predicted molar refractivity (Wildman–Crippen MR) is 79.0 cm³/mol. The lowest BCUT2D eigenvalue weighted by atomic mass is 10.2. The van der Waals surface area contributed by atoms with Crippen LogP contribution in [-0.2, 0) is 9.53 Å². The van der Waals surface area contributed by atoms with E-state index in [2.05, 4.69) is 5.32 Å². The number of benzene rings is 1. The molecule has 0 aliphatic rings. The summed E-state index contributed by atoms with van der Waals surface area (Å²) < 4.78 is 5.12. The third kappa shape index (κ3) is 3.68. The maximum Gasteiger partial charge on any atom is 0.349 e. The fourth-order valence-corrected chi connectivity index (χ4v) is 2.24. The smallest absolute Gasteiger partial charge is 0.349 e. The van der Waals surface area contributed by atoms with Gasteiger partial charge in [-0.25, -0.2) is 4.79 Å². The lowest BCUT2D eigenvalue weighted by Gasteiger charge is -2.13. The number of ether oxygens (including phenoxy) is 1. The maximum absolute atomic E-state index is 11.9. The highest BCUT2D eigenvalue weighted by Crippen LogP contribution is 2.13. The van der Waals surface area contributed by atoms with Crippen LogP contribution in [0.4, 0.5) is 5.69 Å². The van der Waals surface area contributed by atoms with E-state index in [4.69, 9.17) is 4.74 Å². The first-order valence-electron chi connectivity index (χ1n) is 6.18. The van der Waals surface area contributed by atoms with E-state index in [1.54, 1.807) is 30.5 Å². The van der Waals surface area contributed by atoms with Gasteiger partial charge in [-0.2, -0.15) is 0 Å². The van der Waals surface area contributed by atoms with Crippen LogP contribution >= 0.6 is 11.3 Å². The van der Waals surface area contributed by atoms with Crippen LogP contribution in [-0.4, -0.2) is 18.0 Å². The van der Waals surface area contributed by atoms with E-state index in [1.807, 2.05) is 25.1 Å². The van der Waals surface area contributed by atoms with E-state index in [-0.39, 0.29) is 5.91 Å². The van der Waals surface area contributed by atoms with E-state index >= 15 is 0 Å². The largest absolute Gasteiger partial charge is 0.448 e. The number of anilines is 1. The van der Waals surface area contributed by atoms with Gasteiger partial charge in [-0.3, -0.25) is 4.79 Å². The van der Waals surface area contributed by atoms with Crippen molar-refractivity contribution in [2.24, 2.45) is 0 Å². The molecule has 1 heterocycles. The molecule has 1 N–H and O–H groups in total. The lowest BCUT2D eigenvalue weighted by Crippen LogP contribution is -2.29. The van der Waals surface area contributed by atoms with Crippen molar-refractivity contribution in [1.82, 2.24) is 0 Å². The number of aryl methyl sites for hydroxylation is 1. The van der Waals surface area contributed by atoms with Crippen LogP contribution in [0, 0.1) is 6.92 Å². The number of nitrogens with one attached hydrogen (secondary N) is 1. The van der Waals surface area contributed by atoms with Gasteiger partial charge in [-0.05, 0) is 43.0 Å². The third-order valence-corrected chi connectivity index (χ3v) is 3.51. The Morgan fingerprint density at radius 2 is 2.05 bits per heavy atom. The molecule has 1 aromatic carbocycles. The molecule has 0 fully saturated rings. The molecule has 1 aromatic heterocycles. The first-order chi connectivity index (χ1) is 9.56. The number of amides is 1. The molecule has 0 radical (unpaired) electrons. The molecule has 0 aliphatic heterocycles. The van der Waals surface area contributed by atoms with Crippen LogP contribution in [0.2, 0.25) is 0 Å². The molecule has 0 bridgehead atoms. The monoisotopic (exact) mass is 289 g/mol. The quantitative estimate of drug-likeness (QED) is 0.879. The van der Waals surface area contributed by atoms with Gasteiger partial charge in [0.1, 0.15) is 4.88 Å². The van der Waals surface area contributed by atoms with Gasteiger partial charge in [0, 0.05) is 5.69 Å². The molecule has 1 atom stereocenters. The Kier molecular flexibility index (Phi) is 4.53. The summed E-state index contributed by atoms with van der Waals surface area (Å²) in [6.07, 6.45) is -0.842. The normalized spacial score (nSPS) is 11.7. The molecular formula is C15H15NO3S. The first kappa shape index (κ1) is 14.3. The second-order valence-corrected chi connectivity index (χ2v) is 5.33. The number of hydrogen-bond acceptors (Lipinski definition) is 4. The van der Waals surface area contributed by atoms with Crippen molar-refractivity contribution < 1.29 is 14.3 Å². The minimum absolute atomic E-state index is 0.347. The maximum atomic E-state index is 11.9. The molecule has 0 unspecified atom stereocenters. The number of rotatable bonds is 4. The highest BCUT2D eigenvalue weighted by molar-refractivity contribution is 7.11. The zero-order valence-corrected chi connectivity index (χ0v) is 12.1. The molecule has 20 heavy (non-hydrogen) atoms. The van der Waals surface area contributed by atoms with E-state index in [9.17, 15) is 9.59 Å². The van der Waals surface area contributed by atoms with Gasteiger partial charge in [0.05, 0.1) is 0 Å². The van der Waals surface area contributed by atoms with Crippen LogP contribution in [0.3, 0.4) is 0 Å². The molecule has 2 aromatic rings. The lowest BCUT2D eigenvalue weighted by molar-refractivity contribution is -0.123. The molecular weight excluding hydrogens is 274 g/mol. The zero-order chi connectivity index (χ0) is 14.5. The van der Waals surface area contributed by atoms with E-state index in [0.29, 0.717) is 10.6 Å². The van der Waals surface area contributed by atoms with Gasteiger partial charge in [0.25, 0.3) is 5.91 Å². The number of carbonyl (C=O) groups excluding carboxylic acids is 2. The fraction of sp³-hybridized carbons (Fsp3) is 0.200. The molecule has 2 rings (SSSR count). The molecule has 4 nitrogen and oxygen atoms in total. The van der Waals surface area contributed by atoms with E-state index in [1.165, 1.54) is 11.3 Å². The number of hydrogen-bond donors (Lipinski definition) is 1. The number of esters is 1. The van der Waals surface area contributed by atoms with Crippen LogP contribution in [0.15, 0.2) is 41.8 Å². The van der Waals surface area contributed by atoms with Crippen LogP contribution in [0.1, 0.15) is 22.2 Å². The second kappa shape index (κ2) is 6.34. The Labute approximate surface area is 121 Å². The molecule has 1 amide bonds. The minimum Gasteiger partial charge on any atom is -0.448 e. The molecule has 104 valence electrons. The average Bonchev–Trinajstić information content (AvgIpc) is 2.92. The van der Waals surface area contributed by atoms with Crippen molar-refractivity contribution in [2.45, 2.75) is 20.0 Å². The summed E-state index contributed by atoms with van der Waals surface area (Å²) in [7, 11) is 0. The highest BCUT2D eigenvalue weighted by Gasteiger charge is 2.19. The Balaban J connectivity index is 1.94. The Hall–Kier alpha value is -2.14. The number of thiophene rings is 1. The van der Waals surface area contributed by atoms with Crippen molar-refractivity contribution in [3.63, 3.8) is 0 Å². The van der Waals surface area contributed by atoms with Crippen molar-refractivity contribution in [3.8, 4) is 0 Å². The van der Waals surface area contributed by atoms with Gasteiger partial charge < -0.3 is 10.1 Å². The van der Waals surface area contributed by atoms with Crippen LogP contribution < -0.4 is 5.32 Å². The Bertz CT molecular complexity index is 607. The minimum atomic E-state index is -0.842. The molecule has 0 aliphatic carbocycles. The van der Waals surface area contributed by atoms with Crippen molar-refractivity contribution in [2.75, 3.05) is 5.32 Å². The molecule has 5 heteroatoms. The highest BCUT2D eigenvalue weighted by atomic mass is 32.1. The summed E-state index contributed by atoms with van der Waals surface area (Å²) in [5.74, 6) is -0.826. The van der Waals surface area contributed by atoms with E-state index < -0.39 is 12.1 Å². The van der Waals surface area contributed by atoms with Gasteiger partial charge in [-0.15, -0.1) is 11.3 Å². The Morgan fingerprint density at radius 3 is 2.70 bits per heavy atom. The first-order valence-corrected chi connectivity index (χ1v) is 7.06. The summed E-state index contributed by atoms with van der Waals surface area (Å²) in [6.45, 7) is 3.49. The third-order valence-electron chi connectivity index (χ3n) is 2.66. The Morgan fingerprint density at radius 1 is 1.25 bits per heavy atom. The summed E-state index contributed by atoms with van der Waals surface area (Å²) >= 11 is 1.28. The zero-order valence-electron chi connectivity index (χ0n) is 11.3. The van der Waals surface area contributed by atoms with E-state index in [0.717, 1.165) is 5.56 Å². The molecule has 0 saturated carbocycles. The van der Waals surface area contributed by atoms with Gasteiger partial charge >= 0.3 is 5.97 Å². The number of carbonyl (C=O) groups is 2. The van der Waals surface area contributed by atoms with Crippen LogP contribution in [0.25, 0.3) is 0 Å². The fourth-order valence-electron chi connectivity index (χ4n) is 1.63. The molecule has 0 spiro atoms. The van der Waals surface area contributed by atoms with Gasteiger partial charge in [0.2, 0.25) is 0 Å². The SMILES string of the molecule is Cc1cccc(NC(=O)[C@@H](C)OC(=O)c2cccs2)c1. The topological polar surface area (TPSA) is 55.4 Å².